The molecule has 2 N–H and O–H groups in total. The van der Waals surface area contributed by atoms with Crippen LogP contribution in [-0.4, -0.2) is 50.8 Å². The van der Waals surface area contributed by atoms with E-state index >= 15 is 0 Å². The topological polar surface area (TPSA) is 58.8 Å². The van der Waals surface area contributed by atoms with Gasteiger partial charge in [-0.15, -0.1) is 24.0 Å². The lowest BCUT2D eigenvalue weighted by atomic mass is 9.89. The van der Waals surface area contributed by atoms with Crippen LogP contribution in [0.3, 0.4) is 0 Å². The highest BCUT2D eigenvalue weighted by molar-refractivity contribution is 14.0. The number of aliphatic imine (C=N–C) groups is 1. The summed E-state index contributed by atoms with van der Waals surface area (Å²) >= 11 is 1.81. The van der Waals surface area contributed by atoms with Crippen molar-refractivity contribution >= 4 is 41.7 Å². The van der Waals surface area contributed by atoms with Crippen LogP contribution in [0.4, 0.5) is 0 Å². The highest BCUT2D eigenvalue weighted by atomic mass is 127. The second kappa shape index (κ2) is 12.9. The van der Waals surface area contributed by atoms with Gasteiger partial charge in [0, 0.05) is 32.4 Å². The van der Waals surface area contributed by atoms with E-state index in [1.165, 1.54) is 0 Å². The molecule has 0 saturated heterocycles. The molecule has 0 aliphatic rings. The zero-order valence-electron chi connectivity index (χ0n) is 15.4. The van der Waals surface area contributed by atoms with E-state index in [-0.39, 0.29) is 35.5 Å². The molecule has 7 heteroatoms. The maximum atomic E-state index is 5.57. The molecule has 1 aromatic rings. The van der Waals surface area contributed by atoms with Crippen molar-refractivity contribution in [2.24, 2.45) is 10.4 Å². The Kier molecular flexibility index (Phi) is 12.7. The van der Waals surface area contributed by atoms with E-state index in [0.29, 0.717) is 6.54 Å². The SMILES string of the molecule is COC(CN=C(NCCSC)NCCc1ccco1)C(C)(C)C.I. The van der Waals surface area contributed by atoms with Gasteiger partial charge in [-0.2, -0.15) is 11.8 Å². The van der Waals surface area contributed by atoms with Gasteiger partial charge in [0.15, 0.2) is 5.96 Å². The van der Waals surface area contributed by atoms with E-state index in [4.69, 9.17) is 9.15 Å². The van der Waals surface area contributed by atoms with Crippen LogP contribution in [-0.2, 0) is 11.2 Å². The van der Waals surface area contributed by atoms with Gasteiger partial charge in [0.25, 0.3) is 0 Å². The molecule has 1 atom stereocenters. The first-order chi connectivity index (χ1) is 11.0. The predicted octanol–water partition coefficient (Wildman–Crippen LogP) is 3.40. The van der Waals surface area contributed by atoms with E-state index in [2.05, 4.69) is 42.7 Å². The quantitative estimate of drug-likeness (QED) is 0.251. The van der Waals surface area contributed by atoms with E-state index in [1.54, 1.807) is 13.4 Å². The maximum Gasteiger partial charge on any atom is 0.191 e. The Morgan fingerprint density at radius 3 is 2.58 bits per heavy atom. The molecule has 0 amide bonds. The van der Waals surface area contributed by atoms with Crippen molar-refractivity contribution in [3.8, 4) is 0 Å². The normalized spacial score (nSPS) is 13.3. The van der Waals surface area contributed by atoms with Crippen molar-refractivity contribution in [1.82, 2.24) is 10.6 Å². The van der Waals surface area contributed by atoms with Crippen molar-refractivity contribution in [2.45, 2.75) is 33.3 Å². The number of hydrogen-bond acceptors (Lipinski definition) is 4. The van der Waals surface area contributed by atoms with Gasteiger partial charge < -0.3 is 19.8 Å². The average molecular weight is 469 g/mol. The molecular weight excluding hydrogens is 437 g/mol. The zero-order chi connectivity index (χ0) is 17.1. The number of nitrogens with one attached hydrogen (secondary N) is 2. The van der Waals surface area contributed by atoms with E-state index in [0.717, 1.165) is 37.0 Å². The molecule has 0 fully saturated rings. The van der Waals surface area contributed by atoms with Crippen LogP contribution in [0.15, 0.2) is 27.8 Å². The second-order valence-corrected chi connectivity index (χ2v) is 7.44. The maximum absolute atomic E-state index is 5.57. The van der Waals surface area contributed by atoms with Gasteiger partial charge in [-0.05, 0) is 23.8 Å². The molecule has 1 aromatic heterocycles. The lowest BCUT2D eigenvalue weighted by Gasteiger charge is -2.28. The molecule has 0 radical (unpaired) electrons. The summed E-state index contributed by atoms with van der Waals surface area (Å²) < 4.78 is 10.9. The van der Waals surface area contributed by atoms with Crippen molar-refractivity contribution in [1.29, 1.82) is 0 Å². The fourth-order valence-electron chi connectivity index (χ4n) is 2.08. The lowest BCUT2D eigenvalue weighted by molar-refractivity contribution is 0.0241. The van der Waals surface area contributed by atoms with Crippen LogP contribution >= 0.6 is 35.7 Å². The van der Waals surface area contributed by atoms with Crippen LogP contribution in [0, 0.1) is 5.41 Å². The lowest BCUT2D eigenvalue weighted by Crippen LogP contribution is -2.41. The Morgan fingerprint density at radius 1 is 1.33 bits per heavy atom. The van der Waals surface area contributed by atoms with Gasteiger partial charge >= 0.3 is 0 Å². The number of hydrogen-bond donors (Lipinski definition) is 2. The molecule has 0 aliphatic carbocycles. The molecule has 24 heavy (non-hydrogen) atoms. The minimum atomic E-state index is 0. The first kappa shape index (κ1) is 23.6. The largest absolute Gasteiger partial charge is 0.469 e. The standard InChI is InChI=1S/C17H31N3O2S.HI/c1-17(2,3)15(21-4)13-20-16(19-10-12-23-5)18-9-8-14-7-6-11-22-14;/h6-7,11,15H,8-10,12-13H2,1-5H3,(H2,18,19,20);1H. The van der Waals surface area contributed by atoms with E-state index in [1.807, 2.05) is 23.9 Å². The third-order valence-corrected chi connectivity index (χ3v) is 4.12. The number of halogens is 1. The van der Waals surface area contributed by atoms with Crippen molar-refractivity contribution in [3.63, 3.8) is 0 Å². The van der Waals surface area contributed by atoms with Crippen LogP contribution < -0.4 is 10.6 Å². The Labute approximate surface area is 167 Å². The number of ether oxygens (including phenoxy) is 1. The van der Waals surface area contributed by atoms with Gasteiger partial charge in [-0.25, -0.2) is 0 Å². The minimum Gasteiger partial charge on any atom is -0.469 e. The molecule has 1 rings (SSSR count). The summed E-state index contributed by atoms with van der Waals surface area (Å²) in [7, 11) is 1.75. The number of thioether (sulfide) groups is 1. The van der Waals surface area contributed by atoms with E-state index in [9.17, 15) is 0 Å². The average Bonchev–Trinajstić information content (AvgIpc) is 2.99. The number of guanidine groups is 1. The molecule has 0 spiro atoms. The van der Waals surface area contributed by atoms with Crippen LogP contribution in [0.5, 0.6) is 0 Å². The van der Waals surface area contributed by atoms with Crippen molar-refractivity contribution in [2.75, 3.05) is 38.8 Å². The molecule has 0 aromatic carbocycles. The van der Waals surface area contributed by atoms with Gasteiger partial charge in [-0.3, -0.25) is 4.99 Å². The van der Waals surface area contributed by atoms with Crippen LogP contribution in [0.25, 0.3) is 0 Å². The highest BCUT2D eigenvalue weighted by Crippen LogP contribution is 2.21. The number of nitrogens with zero attached hydrogens (tertiary/aromatic N) is 1. The molecule has 140 valence electrons. The summed E-state index contributed by atoms with van der Waals surface area (Å²) in [4.78, 5) is 4.68. The van der Waals surface area contributed by atoms with Gasteiger partial charge in [0.05, 0.1) is 18.9 Å². The number of methoxy groups -OCH3 is 1. The smallest absolute Gasteiger partial charge is 0.191 e. The highest BCUT2D eigenvalue weighted by Gasteiger charge is 2.24. The first-order valence-electron chi connectivity index (χ1n) is 8.03. The van der Waals surface area contributed by atoms with Gasteiger partial charge in [0.1, 0.15) is 5.76 Å². The Hall–Kier alpha value is -0.410. The second-order valence-electron chi connectivity index (χ2n) is 6.46. The molecule has 0 aliphatic heterocycles. The van der Waals surface area contributed by atoms with Gasteiger partial charge in [0.2, 0.25) is 0 Å². The molecular formula is C17H32IN3O2S. The summed E-state index contributed by atoms with van der Waals surface area (Å²) in [6, 6.07) is 3.90. The predicted molar refractivity (Wildman–Crippen MR) is 115 cm³/mol. The summed E-state index contributed by atoms with van der Waals surface area (Å²) in [5.41, 5.74) is 0.0663. The Bertz CT molecular complexity index is 447. The summed E-state index contributed by atoms with van der Waals surface area (Å²) in [6.45, 7) is 8.81. The van der Waals surface area contributed by atoms with Crippen LogP contribution in [0.1, 0.15) is 26.5 Å². The van der Waals surface area contributed by atoms with Crippen molar-refractivity contribution < 1.29 is 9.15 Å². The van der Waals surface area contributed by atoms with Crippen molar-refractivity contribution in [3.05, 3.63) is 24.2 Å². The van der Waals surface area contributed by atoms with Gasteiger partial charge in [-0.1, -0.05) is 20.8 Å². The number of rotatable bonds is 9. The summed E-state index contributed by atoms with van der Waals surface area (Å²) in [5.74, 6) is 2.86. The molecule has 0 saturated carbocycles. The summed E-state index contributed by atoms with van der Waals surface area (Å²) in [5, 5.41) is 6.73. The summed E-state index contributed by atoms with van der Waals surface area (Å²) in [6.07, 6.45) is 4.73. The first-order valence-corrected chi connectivity index (χ1v) is 9.43. The number of furan rings is 1. The molecule has 5 nitrogen and oxygen atoms in total. The fraction of sp³-hybridized carbons (Fsp3) is 0.706. The Morgan fingerprint density at radius 2 is 2.04 bits per heavy atom. The fourth-order valence-corrected chi connectivity index (χ4v) is 2.39. The monoisotopic (exact) mass is 469 g/mol. The molecule has 1 heterocycles. The van der Waals surface area contributed by atoms with E-state index < -0.39 is 0 Å². The molecule has 1 unspecified atom stereocenters. The zero-order valence-corrected chi connectivity index (χ0v) is 18.6. The van der Waals surface area contributed by atoms with Crippen LogP contribution in [0.2, 0.25) is 0 Å². The Balaban J connectivity index is 0.00000529. The third kappa shape index (κ3) is 9.78. The third-order valence-electron chi connectivity index (χ3n) is 3.51. The molecule has 0 bridgehead atoms. The minimum absolute atomic E-state index is 0.